The summed E-state index contributed by atoms with van der Waals surface area (Å²) in [5, 5.41) is 13.0. The van der Waals surface area contributed by atoms with Crippen LogP contribution in [0.2, 0.25) is 0 Å². The highest BCUT2D eigenvalue weighted by Crippen LogP contribution is 2.37. The van der Waals surface area contributed by atoms with Crippen LogP contribution in [0.3, 0.4) is 0 Å². The van der Waals surface area contributed by atoms with E-state index in [1.165, 1.54) is 0 Å². The van der Waals surface area contributed by atoms with Crippen LogP contribution in [0.4, 0.5) is 5.69 Å². The van der Waals surface area contributed by atoms with E-state index in [1.807, 2.05) is 28.9 Å². The molecule has 35 heavy (non-hydrogen) atoms. The molecule has 1 saturated heterocycles. The van der Waals surface area contributed by atoms with Crippen LogP contribution in [-0.4, -0.2) is 72.6 Å². The highest BCUT2D eigenvalue weighted by atomic mass is 16.5. The zero-order valence-electron chi connectivity index (χ0n) is 21.6. The first-order valence-electron chi connectivity index (χ1n) is 12.1. The van der Waals surface area contributed by atoms with E-state index in [0.717, 1.165) is 55.4 Å². The maximum atomic E-state index is 5.63. The molecule has 1 fully saturated rings. The van der Waals surface area contributed by atoms with E-state index in [0.29, 0.717) is 11.5 Å². The second kappa shape index (κ2) is 10.5. The molecular formula is C26H36N6O3. The minimum absolute atomic E-state index is 0.129. The van der Waals surface area contributed by atoms with Crippen molar-refractivity contribution in [2.24, 2.45) is 0 Å². The minimum atomic E-state index is -0.215. The van der Waals surface area contributed by atoms with Crippen LogP contribution in [0.5, 0.6) is 17.2 Å². The summed E-state index contributed by atoms with van der Waals surface area (Å²) in [5.74, 6) is 3.11. The zero-order valence-corrected chi connectivity index (χ0v) is 21.6. The van der Waals surface area contributed by atoms with E-state index in [4.69, 9.17) is 14.2 Å². The van der Waals surface area contributed by atoms with Crippen molar-refractivity contribution in [1.29, 1.82) is 0 Å². The van der Waals surface area contributed by atoms with E-state index < -0.39 is 0 Å². The lowest BCUT2D eigenvalue weighted by molar-refractivity contribution is 0.186. The maximum Gasteiger partial charge on any atom is 0.173 e. The molecule has 4 rings (SSSR count). The second-order valence-corrected chi connectivity index (χ2v) is 9.33. The predicted octanol–water partition coefficient (Wildman–Crippen LogP) is 3.76. The standard InChI is InChI=1S/C26H36N6O3/c1-7-26(2,3)32-25(27-28-29-32)24(19-12-13-22(34-5)23(18-19)35-6)31-16-14-30(15-17-31)20-10-8-9-11-21(20)33-4/h8-13,18,24H,7,14-17H2,1-6H3. The third-order valence-electron chi connectivity index (χ3n) is 7.01. The second-order valence-electron chi connectivity index (χ2n) is 9.33. The van der Waals surface area contributed by atoms with Gasteiger partial charge in [-0.05, 0) is 60.5 Å². The van der Waals surface area contributed by atoms with Crippen LogP contribution in [-0.2, 0) is 5.54 Å². The number of benzene rings is 2. The fourth-order valence-electron chi connectivity index (χ4n) is 4.60. The Morgan fingerprint density at radius 2 is 1.57 bits per heavy atom. The Balaban J connectivity index is 1.70. The Morgan fingerprint density at radius 3 is 2.23 bits per heavy atom. The number of nitrogens with zero attached hydrogens (tertiary/aromatic N) is 6. The maximum absolute atomic E-state index is 5.63. The molecule has 0 saturated carbocycles. The quantitative estimate of drug-likeness (QED) is 0.458. The molecule has 2 aromatic carbocycles. The van der Waals surface area contributed by atoms with Gasteiger partial charge in [0, 0.05) is 26.2 Å². The molecule has 0 N–H and O–H groups in total. The summed E-state index contributed by atoms with van der Waals surface area (Å²) in [6.45, 7) is 9.90. The van der Waals surface area contributed by atoms with E-state index in [1.54, 1.807) is 21.3 Å². The van der Waals surface area contributed by atoms with Gasteiger partial charge < -0.3 is 19.1 Å². The summed E-state index contributed by atoms with van der Waals surface area (Å²) in [5.41, 5.74) is 1.97. The van der Waals surface area contributed by atoms with Crippen LogP contribution in [0.15, 0.2) is 42.5 Å². The van der Waals surface area contributed by atoms with Crippen molar-refractivity contribution in [3.63, 3.8) is 0 Å². The number of ether oxygens (including phenoxy) is 3. The lowest BCUT2D eigenvalue weighted by atomic mass is 9.98. The monoisotopic (exact) mass is 480 g/mol. The molecule has 9 nitrogen and oxygen atoms in total. The number of hydrogen-bond acceptors (Lipinski definition) is 8. The van der Waals surface area contributed by atoms with Gasteiger partial charge in [-0.1, -0.05) is 25.1 Å². The average Bonchev–Trinajstić information content (AvgIpc) is 3.39. The zero-order chi connectivity index (χ0) is 25.0. The fraction of sp³-hybridized carbons (Fsp3) is 0.500. The van der Waals surface area contributed by atoms with E-state index >= 15 is 0 Å². The summed E-state index contributed by atoms with van der Waals surface area (Å²) in [6.07, 6.45) is 0.908. The Labute approximate surface area is 207 Å². The van der Waals surface area contributed by atoms with Crippen LogP contribution in [0, 0.1) is 0 Å². The first kappa shape index (κ1) is 24.8. The third-order valence-corrected chi connectivity index (χ3v) is 7.01. The van der Waals surface area contributed by atoms with Crippen LogP contribution in [0.1, 0.15) is 44.6 Å². The van der Waals surface area contributed by atoms with Gasteiger partial charge in [-0.3, -0.25) is 4.90 Å². The molecule has 0 aliphatic carbocycles. The number of aromatic nitrogens is 4. The number of hydrogen-bond donors (Lipinski definition) is 0. The SMILES string of the molecule is CCC(C)(C)n1nnnc1C(c1ccc(OC)c(OC)c1)N1CCN(c2ccccc2OC)CC1. The number of tetrazole rings is 1. The lowest BCUT2D eigenvalue weighted by Crippen LogP contribution is -2.49. The number of rotatable bonds is 9. The molecule has 0 spiro atoms. The van der Waals surface area contributed by atoms with Crippen LogP contribution < -0.4 is 19.1 Å². The van der Waals surface area contributed by atoms with E-state index in [-0.39, 0.29) is 11.6 Å². The first-order chi connectivity index (χ1) is 16.9. The van der Waals surface area contributed by atoms with Gasteiger partial charge in [0.2, 0.25) is 0 Å². The normalized spacial score (nSPS) is 15.7. The molecular weight excluding hydrogens is 444 g/mol. The Morgan fingerprint density at radius 1 is 0.886 bits per heavy atom. The smallest absolute Gasteiger partial charge is 0.173 e. The van der Waals surface area contributed by atoms with Crippen LogP contribution >= 0.6 is 0 Å². The van der Waals surface area contributed by atoms with Gasteiger partial charge in [0.25, 0.3) is 0 Å². The predicted molar refractivity (Wildman–Crippen MR) is 136 cm³/mol. The topological polar surface area (TPSA) is 77.8 Å². The van der Waals surface area contributed by atoms with Crippen molar-refractivity contribution in [3.8, 4) is 17.2 Å². The molecule has 0 bridgehead atoms. The van der Waals surface area contributed by atoms with Gasteiger partial charge in [-0.25, -0.2) is 4.68 Å². The Bertz CT molecular complexity index is 1120. The molecule has 1 unspecified atom stereocenters. The number of methoxy groups -OCH3 is 3. The van der Waals surface area contributed by atoms with Gasteiger partial charge in [-0.15, -0.1) is 5.10 Å². The van der Waals surface area contributed by atoms with E-state index in [2.05, 4.69) is 64.3 Å². The molecule has 0 amide bonds. The molecule has 1 atom stereocenters. The summed E-state index contributed by atoms with van der Waals surface area (Å²) in [4.78, 5) is 4.82. The van der Waals surface area contributed by atoms with Crippen molar-refractivity contribution in [2.75, 3.05) is 52.4 Å². The third kappa shape index (κ3) is 4.91. The fourth-order valence-corrected chi connectivity index (χ4v) is 4.60. The average molecular weight is 481 g/mol. The molecule has 1 aliphatic heterocycles. The minimum Gasteiger partial charge on any atom is -0.495 e. The molecule has 1 aliphatic rings. The highest BCUT2D eigenvalue weighted by molar-refractivity contribution is 5.58. The van der Waals surface area contributed by atoms with Gasteiger partial charge in [0.05, 0.1) is 38.6 Å². The van der Waals surface area contributed by atoms with Crippen LogP contribution in [0.25, 0.3) is 0 Å². The van der Waals surface area contributed by atoms with Crippen molar-refractivity contribution in [1.82, 2.24) is 25.1 Å². The summed E-state index contributed by atoms with van der Waals surface area (Å²) in [6, 6.07) is 14.1. The molecule has 3 aromatic rings. The van der Waals surface area contributed by atoms with Crippen molar-refractivity contribution >= 4 is 5.69 Å². The summed E-state index contributed by atoms with van der Waals surface area (Å²) in [7, 11) is 5.03. The number of piperazine rings is 1. The van der Waals surface area contributed by atoms with Crippen molar-refractivity contribution < 1.29 is 14.2 Å². The first-order valence-corrected chi connectivity index (χ1v) is 12.1. The van der Waals surface area contributed by atoms with Gasteiger partial charge >= 0.3 is 0 Å². The summed E-state index contributed by atoms with van der Waals surface area (Å²) < 4.78 is 18.7. The molecule has 1 aromatic heterocycles. The molecule has 9 heteroatoms. The molecule has 0 radical (unpaired) electrons. The Hall–Kier alpha value is -3.33. The number of anilines is 1. The largest absolute Gasteiger partial charge is 0.495 e. The van der Waals surface area contributed by atoms with Gasteiger partial charge in [0.1, 0.15) is 5.75 Å². The van der Waals surface area contributed by atoms with Gasteiger partial charge in [0.15, 0.2) is 17.3 Å². The van der Waals surface area contributed by atoms with E-state index in [9.17, 15) is 0 Å². The summed E-state index contributed by atoms with van der Waals surface area (Å²) >= 11 is 0. The Kier molecular flexibility index (Phi) is 7.45. The van der Waals surface area contributed by atoms with Crippen molar-refractivity contribution in [2.45, 2.75) is 38.8 Å². The molecule has 2 heterocycles. The number of para-hydroxylation sites is 2. The lowest BCUT2D eigenvalue weighted by Gasteiger charge is -2.41. The van der Waals surface area contributed by atoms with Gasteiger partial charge in [-0.2, -0.15) is 0 Å². The molecule has 188 valence electrons. The highest BCUT2D eigenvalue weighted by Gasteiger charge is 2.35. The van der Waals surface area contributed by atoms with Crippen molar-refractivity contribution in [3.05, 3.63) is 53.9 Å².